The fraction of sp³-hybridized carbons (Fsp3) is 0.500. The van der Waals surface area contributed by atoms with Gasteiger partial charge in [-0.1, -0.05) is 0 Å². The van der Waals surface area contributed by atoms with Crippen molar-refractivity contribution in [2.75, 3.05) is 0 Å². The molecule has 1 N–H and O–H groups in total. The van der Waals surface area contributed by atoms with E-state index in [1.165, 1.54) is 0 Å². The van der Waals surface area contributed by atoms with E-state index in [1.54, 1.807) is 0 Å². The standard InChI is InChI=1S/C4H7NO5S/c1-3(5(6)7)4(2)11(8,9)10/h4H,1H2,2H3,(H,8,9,10). The fourth-order valence-corrected chi connectivity index (χ4v) is 0.750. The summed E-state index contributed by atoms with van der Waals surface area (Å²) in [7, 11) is -4.39. The van der Waals surface area contributed by atoms with Crippen LogP contribution >= 0.6 is 0 Å². The Morgan fingerprint density at radius 1 is 1.73 bits per heavy atom. The molecule has 64 valence electrons. The highest BCUT2D eigenvalue weighted by Gasteiger charge is 2.28. The summed E-state index contributed by atoms with van der Waals surface area (Å²) in [5.41, 5.74) is -0.743. The van der Waals surface area contributed by atoms with Crippen molar-refractivity contribution in [2.45, 2.75) is 12.2 Å². The Balaban J connectivity index is 4.66. The van der Waals surface area contributed by atoms with E-state index in [9.17, 15) is 18.5 Å². The van der Waals surface area contributed by atoms with Gasteiger partial charge in [-0.25, -0.2) is 0 Å². The highest BCUT2D eigenvalue weighted by molar-refractivity contribution is 7.86. The molecule has 11 heavy (non-hydrogen) atoms. The summed E-state index contributed by atoms with van der Waals surface area (Å²) in [6, 6.07) is 0. The van der Waals surface area contributed by atoms with Crippen molar-refractivity contribution < 1.29 is 17.9 Å². The summed E-state index contributed by atoms with van der Waals surface area (Å²) in [4.78, 5) is 8.97. The molecule has 0 rings (SSSR count). The van der Waals surface area contributed by atoms with E-state index < -0.39 is 26.0 Å². The predicted octanol–water partition coefficient (Wildman–Crippen LogP) is 0.0531. The number of nitrogens with zero attached hydrogens (tertiary/aromatic N) is 1. The van der Waals surface area contributed by atoms with Crippen molar-refractivity contribution in [2.24, 2.45) is 0 Å². The van der Waals surface area contributed by atoms with Gasteiger partial charge in [0.15, 0.2) is 5.25 Å². The van der Waals surface area contributed by atoms with Gasteiger partial charge in [-0.15, -0.1) is 0 Å². The minimum Gasteiger partial charge on any atom is -0.285 e. The van der Waals surface area contributed by atoms with Gasteiger partial charge in [-0.3, -0.25) is 14.7 Å². The molecular weight excluding hydrogens is 174 g/mol. The molecule has 0 aliphatic heterocycles. The Labute approximate surface area is 63.4 Å². The first kappa shape index (κ1) is 10.0. The van der Waals surface area contributed by atoms with Crippen LogP contribution in [0.15, 0.2) is 12.3 Å². The molecule has 0 aromatic heterocycles. The van der Waals surface area contributed by atoms with Crippen molar-refractivity contribution in [1.29, 1.82) is 0 Å². The molecule has 1 atom stereocenters. The largest absolute Gasteiger partial charge is 0.285 e. The maximum Gasteiger partial charge on any atom is 0.278 e. The molecule has 0 fully saturated rings. The van der Waals surface area contributed by atoms with E-state index >= 15 is 0 Å². The van der Waals surface area contributed by atoms with E-state index in [0.29, 0.717) is 0 Å². The second kappa shape index (κ2) is 2.97. The van der Waals surface area contributed by atoms with Crippen molar-refractivity contribution >= 4 is 10.1 Å². The molecule has 1 unspecified atom stereocenters. The zero-order valence-corrected chi connectivity index (χ0v) is 6.54. The van der Waals surface area contributed by atoms with Crippen LogP contribution in [0.25, 0.3) is 0 Å². The van der Waals surface area contributed by atoms with Gasteiger partial charge < -0.3 is 0 Å². The fourth-order valence-electron chi connectivity index (χ4n) is 0.320. The molecule has 7 heteroatoms. The van der Waals surface area contributed by atoms with Crippen molar-refractivity contribution in [3.8, 4) is 0 Å². The molecule has 0 radical (unpaired) electrons. The first-order valence-corrected chi connectivity index (χ1v) is 4.06. The first-order valence-electron chi connectivity index (χ1n) is 2.56. The van der Waals surface area contributed by atoms with Crippen LogP contribution in [-0.2, 0) is 10.1 Å². The molecule has 0 aromatic rings. The molecule has 0 amide bonds. The summed E-state index contributed by atoms with van der Waals surface area (Å²) >= 11 is 0. The Bertz CT molecular complexity index is 279. The van der Waals surface area contributed by atoms with E-state index in [0.717, 1.165) is 6.92 Å². The minimum atomic E-state index is -4.39. The summed E-state index contributed by atoms with van der Waals surface area (Å²) in [5.74, 6) is 0. The topological polar surface area (TPSA) is 97.5 Å². The smallest absolute Gasteiger partial charge is 0.278 e. The number of hydrogen-bond donors (Lipinski definition) is 1. The molecule has 0 aliphatic carbocycles. The zero-order chi connectivity index (χ0) is 9.23. The summed E-state index contributed by atoms with van der Waals surface area (Å²) in [6.45, 7) is 3.87. The minimum absolute atomic E-state index is 0.743. The Hall–Kier alpha value is -0.950. The lowest BCUT2D eigenvalue weighted by Gasteiger charge is -2.02. The third-order valence-corrected chi connectivity index (χ3v) is 2.32. The molecule has 0 spiro atoms. The van der Waals surface area contributed by atoms with Gasteiger partial charge in [0.2, 0.25) is 0 Å². The van der Waals surface area contributed by atoms with Crippen LogP contribution in [0.3, 0.4) is 0 Å². The van der Waals surface area contributed by atoms with Gasteiger partial charge in [0.1, 0.15) is 0 Å². The third-order valence-electron chi connectivity index (χ3n) is 1.15. The predicted molar refractivity (Wildman–Crippen MR) is 37.1 cm³/mol. The molecule has 6 nitrogen and oxygen atoms in total. The summed E-state index contributed by atoms with van der Waals surface area (Å²) in [5, 5.41) is 8.36. The molecular formula is C4H7NO5S. The van der Waals surface area contributed by atoms with Crippen LogP contribution in [0.1, 0.15) is 6.92 Å². The Morgan fingerprint density at radius 2 is 2.09 bits per heavy atom. The van der Waals surface area contributed by atoms with Crippen LogP contribution in [0.2, 0.25) is 0 Å². The second-order valence-corrected chi connectivity index (χ2v) is 3.64. The first-order chi connectivity index (χ1) is 4.76. The maximum absolute atomic E-state index is 10.3. The van der Waals surface area contributed by atoms with E-state index in [-0.39, 0.29) is 0 Å². The molecule has 0 saturated heterocycles. The summed E-state index contributed by atoms with van der Waals surface area (Å²) in [6.07, 6.45) is 0. The Kier molecular flexibility index (Phi) is 2.71. The average molecular weight is 181 g/mol. The Morgan fingerprint density at radius 3 is 2.18 bits per heavy atom. The van der Waals surface area contributed by atoms with E-state index in [2.05, 4.69) is 6.58 Å². The number of nitro groups is 1. The van der Waals surface area contributed by atoms with E-state index in [4.69, 9.17) is 4.55 Å². The van der Waals surface area contributed by atoms with E-state index in [1.807, 2.05) is 0 Å². The molecule has 0 heterocycles. The van der Waals surface area contributed by atoms with Gasteiger partial charge in [-0.2, -0.15) is 8.42 Å². The van der Waals surface area contributed by atoms with Crippen molar-refractivity contribution in [1.82, 2.24) is 0 Å². The van der Waals surface area contributed by atoms with Crippen molar-refractivity contribution in [3.63, 3.8) is 0 Å². The quantitative estimate of drug-likeness (QED) is 0.377. The van der Waals surface area contributed by atoms with Gasteiger partial charge in [0, 0.05) is 0 Å². The lowest BCUT2D eigenvalue weighted by molar-refractivity contribution is -0.426. The number of hydrogen-bond acceptors (Lipinski definition) is 4. The average Bonchev–Trinajstić information content (AvgIpc) is 1.82. The van der Waals surface area contributed by atoms with Crippen LogP contribution in [0.5, 0.6) is 0 Å². The summed E-state index contributed by atoms with van der Waals surface area (Å²) < 4.78 is 28.8. The molecule has 0 aromatic carbocycles. The molecule has 0 bridgehead atoms. The SMILES string of the molecule is C=C(C(C)S(=O)(=O)O)[N+](=O)[O-]. The van der Waals surface area contributed by atoms with Crippen LogP contribution in [0, 0.1) is 10.1 Å². The molecule has 0 saturated carbocycles. The van der Waals surface area contributed by atoms with Crippen molar-refractivity contribution in [3.05, 3.63) is 22.4 Å². The maximum atomic E-state index is 10.3. The van der Waals surface area contributed by atoms with Crippen LogP contribution in [-0.4, -0.2) is 23.1 Å². The highest BCUT2D eigenvalue weighted by atomic mass is 32.2. The highest BCUT2D eigenvalue weighted by Crippen LogP contribution is 2.08. The number of rotatable bonds is 3. The van der Waals surface area contributed by atoms with Crippen LogP contribution in [0.4, 0.5) is 0 Å². The zero-order valence-electron chi connectivity index (χ0n) is 5.72. The second-order valence-electron chi connectivity index (χ2n) is 1.91. The third kappa shape index (κ3) is 2.64. The lowest BCUT2D eigenvalue weighted by Crippen LogP contribution is -2.22. The van der Waals surface area contributed by atoms with Gasteiger partial charge in [-0.05, 0) is 13.5 Å². The normalized spacial score (nSPS) is 14.0. The van der Waals surface area contributed by atoms with Gasteiger partial charge >= 0.3 is 0 Å². The lowest BCUT2D eigenvalue weighted by atomic mass is 10.4. The van der Waals surface area contributed by atoms with Crippen LogP contribution < -0.4 is 0 Å². The van der Waals surface area contributed by atoms with Gasteiger partial charge in [0.25, 0.3) is 15.8 Å². The monoisotopic (exact) mass is 181 g/mol. The van der Waals surface area contributed by atoms with Gasteiger partial charge in [0.05, 0.1) is 4.92 Å². The molecule has 0 aliphatic rings.